The van der Waals surface area contributed by atoms with E-state index in [1.807, 2.05) is 18.7 Å². The van der Waals surface area contributed by atoms with Crippen LogP contribution in [0.1, 0.15) is 13.8 Å². The minimum Gasteiger partial charge on any atom is -0.462 e. The molecular weight excluding hydrogens is 210 g/mol. The molecule has 16 heavy (non-hydrogen) atoms. The van der Waals surface area contributed by atoms with E-state index in [-0.39, 0.29) is 18.6 Å². The number of carbonyl (C=O) groups is 1. The fraction of sp³-hybridized carbons (Fsp3) is 0.909. The van der Waals surface area contributed by atoms with Crippen LogP contribution in [0, 0.1) is 0 Å². The maximum Gasteiger partial charge on any atom is 0.320 e. The van der Waals surface area contributed by atoms with Crippen molar-refractivity contribution in [2.75, 3.05) is 47.1 Å². The van der Waals surface area contributed by atoms with Gasteiger partial charge in [0, 0.05) is 27.3 Å². The molecule has 5 heteroatoms. The predicted molar refractivity (Wildman–Crippen MR) is 61.4 cm³/mol. The van der Waals surface area contributed by atoms with Crippen LogP contribution in [0.2, 0.25) is 0 Å². The standard InChI is InChI=1S/C11H23NO4/c1-10(2)16-11(13)9-12(5-7-14-3)6-8-15-4/h10H,5-9H2,1-4H3. The lowest BCUT2D eigenvalue weighted by molar-refractivity contribution is -0.148. The number of nitrogens with zero attached hydrogens (tertiary/aromatic N) is 1. The average molecular weight is 233 g/mol. The number of carbonyl (C=O) groups excluding carboxylic acids is 1. The molecule has 0 unspecified atom stereocenters. The quantitative estimate of drug-likeness (QED) is 0.544. The molecule has 0 fully saturated rings. The third-order valence-corrected chi connectivity index (χ3v) is 1.94. The van der Waals surface area contributed by atoms with Gasteiger partial charge >= 0.3 is 5.97 Å². The van der Waals surface area contributed by atoms with Crippen LogP contribution < -0.4 is 0 Å². The number of rotatable bonds is 9. The van der Waals surface area contributed by atoms with Gasteiger partial charge in [0.25, 0.3) is 0 Å². The highest BCUT2D eigenvalue weighted by atomic mass is 16.5. The molecule has 0 radical (unpaired) electrons. The Labute approximate surface area is 97.7 Å². The molecule has 0 aromatic heterocycles. The van der Waals surface area contributed by atoms with Crippen LogP contribution in [0.3, 0.4) is 0 Å². The second kappa shape index (κ2) is 9.57. The van der Waals surface area contributed by atoms with Crippen LogP contribution in [-0.4, -0.2) is 64.0 Å². The molecule has 96 valence electrons. The Morgan fingerprint density at radius 2 is 1.62 bits per heavy atom. The lowest BCUT2D eigenvalue weighted by Gasteiger charge is -2.21. The van der Waals surface area contributed by atoms with Crippen molar-refractivity contribution >= 4 is 5.97 Å². The van der Waals surface area contributed by atoms with Gasteiger partial charge < -0.3 is 14.2 Å². The monoisotopic (exact) mass is 233 g/mol. The zero-order chi connectivity index (χ0) is 12.4. The fourth-order valence-electron chi connectivity index (χ4n) is 1.19. The van der Waals surface area contributed by atoms with E-state index in [9.17, 15) is 4.79 Å². The van der Waals surface area contributed by atoms with Gasteiger partial charge in [-0.15, -0.1) is 0 Å². The lowest BCUT2D eigenvalue weighted by Crippen LogP contribution is -2.36. The topological polar surface area (TPSA) is 48.0 Å². The maximum atomic E-state index is 11.4. The van der Waals surface area contributed by atoms with Gasteiger partial charge in [-0.3, -0.25) is 9.69 Å². The molecule has 0 rings (SSSR count). The van der Waals surface area contributed by atoms with Crippen molar-refractivity contribution in [3.8, 4) is 0 Å². The van der Waals surface area contributed by atoms with Gasteiger partial charge in [0.15, 0.2) is 0 Å². The Morgan fingerprint density at radius 1 is 1.12 bits per heavy atom. The summed E-state index contributed by atoms with van der Waals surface area (Å²) in [6, 6.07) is 0. The van der Waals surface area contributed by atoms with Crippen molar-refractivity contribution in [1.82, 2.24) is 4.90 Å². The van der Waals surface area contributed by atoms with Crippen molar-refractivity contribution in [3.63, 3.8) is 0 Å². The van der Waals surface area contributed by atoms with Crippen LogP contribution in [0.5, 0.6) is 0 Å². The molecule has 0 aliphatic carbocycles. The molecule has 0 bridgehead atoms. The third kappa shape index (κ3) is 8.64. The molecule has 0 spiro atoms. The van der Waals surface area contributed by atoms with Crippen molar-refractivity contribution in [3.05, 3.63) is 0 Å². The molecule has 0 aromatic rings. The Bertz CT molecular complexity index is 177. The van der Waals surface area contributed by atoms with Crippen LogP contribution in [0.4, 0.5) is 0 Å². The second-order valence-corrected chi connectivity index (χ2v) is 3.80. The number of ether oxygens (including phenoxy) is 3. The Morgan fingerprint density at radius 3 is 2.00 bits per heavy atom. The van der Waals surface area contributed by atoms with E-state index in [1.54, 1.807) is 14.2 Å². The highest BCUT2D eigenvalue weighted by molar-refractivity contribution is 5.71. The first-order valence-corrected chi connectivity index (χ1v) is 5.49. The van der Waals surface area contributed by atoms with Gasteiger partial charge in [-0.05, 0) is 13.8 Å². The summed E-state index contributed by atoms with van der Waals surface area (Å²) in [7, 11) is 3.28. The second-order valence-electron chi connectivity index (χ2n) is 3.80. The van der Waals surface area contributed by atoms with Crippen LogP contribution >= 0.6 is 0 Å². The first-order chi connectivity index (χ1) is 7.60. The smallest absolute Gasteiger partial charge is 0.320 e. The van der Waals surface area contributed by atoms with Crippen molar-refractivity contribution < 1.29 is 19.0 Å². The molecule has 0 amide bonds. The fourth-order valence-corrected chi connectivity index (χ4v) is 1.19. The maximum absolute atomic E-state index is 11.4. The molecular formula is C11H23NO4. The summed E-state index contributed by atoms with van der Waals surface area (Å²) >= 11 is 0. The number of methoxy groups -OCH3 is 2. The van der Waals surface area contributed by atoms with Crippen LogP contribution in [0.15, 0.2) is 0 Å². The van der Waals surface area contributed by atoms with Crippen molar-refractivity contribution in [2.45, 2.75) is 20.0 Å². The molecule has 0 aromatic carbocycles. The Kier molecular flexibility index (Phi) is 9.18. The summed E-state index contributed by atoms with van der Waals surface area (Å²) in [5.41, 5.74) is 0. The largest absolute Gasteiger partial charge is 0.462 e. The molecule has 0 N–H and O–H groups in total. The molecule has 5 nitrogen and oxygen atoms in total. The van der Waals surface area contributed by atoms with Gasteiger partial charge in [0.2, 0.25) is 0 Å². The van der Waals surface area contributed by atoms with Gasteiger partial charge in [0.1, 0.15) is 0 Å². The Balaban J connectivity index is 3.92. The lowest BCUT2D eigenvalue weighted by atomic mass is 10.4. The summed E-state index contributed by atoms with van der Waals surface area (Å²) in [6.07, 6.45) is -0.0702. The first kappa shape index (κ1) is 15.3. The van der Waals surface area contributed by atoms with E-state index in [4.69, 9.17) is 14.2 Å². The Hall–Kier alpha value is -0.650. The van der Waals surface area contributed by atoms with E-state index in [1.165, 1.54) is 0 Å². The van der Waals surface area contributed by atoms with Gasteiger partial charge in [-0.25, -0.2) is 0 Å². The van der Waals surface area contributed by atoms with Crippen LogP contribution in [0.25, 0.3) is 0 Å². The summed E-state index contributed by atoms with van der Waals surface area (Å²) in [6.45, 7) is 6.56. The SMILES string of the molecule is COCCN(CCOC)CC(=O)OC(C)C. The summed E-state index contributed by atoms with van der Waals surface area (Å²) in [5.74, 6) is -0.206. The number of hydrogen-bond donors (Lipinski definition) is 0. The normalized spacial score (nSPS) is 11.1. The predicted octanol–water partition coefficient (Wildman–Crippen LogP) is 0.533. The van der Waals surface area contributed by atoms with Crippen molar-refractivity contribution in [1.29, 1.82) is 0 Å². The number of hydrogen-bond acceptors (Lipinski definition) is 5. The minimum atomic E-state index is -0.206. The van der Waals surface area contributed by atoms with E-state index in [2.05, 4.69) is 0 Å². The van der Waals surface area contributed by atoms with Crippen LogP contribution in [-0.2, 0) is 19.0 Å². The molecule has 0 atom stereocenters. The zero-order valence-electron chi connectivity index (χ0n) is 10.7. The zero-order valence-corrected chi connectivity index (χ0v) is 10.7. The minimum absolute atomic E-state index is 0.0702. The van der Waals surface area contributed by atoms with Gasteiger partial charge in [-0.2, -0.15) is 0 Å². The van der Waals surface area contributed by atoms with Gasteiger partial charge in [-0.1, -0.05) is 0 Å². The molecule has 0 saturated heterocycles. The van der Waals surface area contributed by atoms with E-state index >= 15 is 0 Å². The summed E-state index contributed by atoms with van der Waals surface area (Å²) in [4.78, 5) is 13.4. The van der Waals surface area contributed by atoms with E-state index in [0.717, 1.165) is 0 Å². The number of esters is 1. The van der Waals surface area contributed by atoms with Gasteiger partial charge in [0.05, 0.1) is 25.9 Å². The third-order valence-electron chi connectivity index (χ3n) is 1.94. The molecule has 0 aliphatic rings. The molecule has 0 heterocycles. The average Bonchev–Trinajstić information content (AvgIpc) is 2.20. The molecule has 0 aliphatic heterocycles. The highest BCUT2D eigenvalue weighted by Gasteiger charge is 2.12. The molecule has 0 saturated carbocycles. The first-order valence-electron chi connectivity index (χ1n) is 5.49. The summed E-state index contributed by atoms with van der Waals surface area (Å²) in [5, 5.41) is 0. The van der Waals surface area contributed by atoms with E-state index < -0.39 is 0 Å². The van der Waals surface area contributed by atoms with E-state index in [0.29, 0.717) is 26.3 Å². The highest BCUT2D eigenvalue weighted by Crippen LogP contribution is 1.94. The van der Waals surface area contributed by atoms with Crippen molar-refractivity contribution in [2.24, 2.45) is 0 Å². The summed E-state index contributed by atoms with van der Waals surface area (Å²) < 4.78 is 15.0.